The maximum atomic E-state index is 12.3. The third kappa shape index (κ3) is 3.44. The van der Waals surface area contributed by atoms with Crippen LogP contribution >= 0.6 is 11.3 Å². The van der Waals surface area contributed by atoms with Gasteiger partial charge in [-0.05, 0) is 31.2 Å². The normalized spacial score (nSPS) is 14.3. The first-order valence-electron chi connectivity index (χ1n) is 8.60. The first kappa shape index (κ1) is 17.3. The Bertz CT molecular complexity index is 1090. The molecule has 1 aromatic heterocycles. The highest BCUT2D eigenvalue weighted by Gasteiger charge is 2.19. The molecule has 0 spiro atoms. The molecule has 2 aromatic carbocycles. The molecular formula is C21H18N2O3S. The third-order valence-corrected chi connectivity index (χ3v) is 5.28. The summed E-state index contributed by atoms with van der Waals surface area (Å²) >= 11 is 1.02. The van der Waals surface area contributed by atoms with Crippen LogP contribution in [0.5, 0.6) is 11.6 Å². The van der Waals surface area contributed by atoms with E-state index in [2.05, 4.69) is 4.99 Å². The quantitative estimate of drug-likeness (QED) is 0.718. The molecule has 0 saturated heterocycles. The maximum Gasteiger partial charge on any atom is 0.310 e. The molecule has 0 aliphatic carbocycles. The Morgan fingerprint density at radius 2 is 1.89 bits per heavy atom. The number of aromatic hydroxyl groups is 1. The summed E-state index contributed by atoms with van der Waals surface area (Å²) < 4.78 is 6.97. The number of benzene rings is 2. The number of rotatable bonds is 5. The summed E-state index contributed by atoms with van der Waals surface area (Å²) in [5.41, 5.74) is 3.71. The predicted molar refractivity (Wildman–Crippen MR) is 109 cm³/mol. The molecule has 0 bridgehead atoms. The zero-order valence-electron chi connectivity index (χ0n) is 14.8. The highest BCUT2D eigenvalue weighted by molar-refractivity contribution is 7.10. The molecule has 0 radical (unpaired) electrons. The van der Waals surface area contributed by atoms with Gasteiger partial charge in [0.2, 0.25) is 5.88 Å². The van der Waals surface area contributed by atoms with E-state index < -0.39 is 0 Å². The Morgan fingerprint density at radius 1 is 1.15 bits per heavy atom. The standard InChI is InChI=1S/C21H18N2O3S/c1-14-17(16-9-5-6-10-18(16)22-14)13-19-20(24)23(21(25)27-19)11-12-26-15-7-3-2-4-8-15/h2-10,13,24H,11-12H2,1H3/b17-13-. The first-order chi connectivity index (χ1) is 13.1. The lowest BCUT2D eigenvalue weighted by Crippen LogP contribution is -2.17. The Hall–Kier alpha value is -3.12. The van der Waals surface area contributed by atoms with E-state index in [1.807, 2.05) is 67.6 Å². The molecule has 0 saturated carbocycles. The molecule has 136 valence electrons. The molecule has 6 heteroatoms. The van der Waals surface area contributed by atoms with E-state index in [-0.39, 0.29) is 17.3 Å². The highest BCUT2D eigenvalue weighted by atomic mass is 32.1. The van der Waals surface area contributed by atoms with Gasteiger partial charge in [-0.3, -0.25) is 14.4 Å². The SMILES string of the molecule is CC1=Nc2ccccc2/C1=C\c1sc(=O)n(CCOc2ccccc2)c1O. The first-order valence-corrected chi connectivity index (χ1v) is 9.42. The number of ether oxygens (including phenoxy) is 1. The van der Waals surface area contributed by atoms with E-state index in [1.54, 1.807) is 0 Å². The van der Waals surface area contributed by atoms with Crippen molar-refractivity contribution in [3.8, 4) is 11.6 Å². The van der Waals surface area contributed by atoms with Crippen molar-refractivity contribution in [2.24, 2.45) is 4.99 Å². The van der Waals surface area contributed by atoms with Gasteiger partial charge in [0.1, 0.15) is 12.4 Å². The lowest BCUT2D eigenvalue weighted by molar-refractivity contribution is 0.286. The van der Waals surface area contributed by atoms with Crippen LogP contribution < -0.4 is 9.61 Å². The predicted octanol–water partition coefficient (Wildman–Crippen LogP) is 4.34. The van der Waals surface area contributed by atoms with Crippen LogP contribution in [0.25, 0.3) is 11.6 Å². The molecule has 27 heavy (non-hydrogen) atoms. The van der Waals surface area contributed by atoms with Crippen molar-refractivity contribution in [1.29, 1.82) is 0 Å². The zero-order chi connectivity index (χ0) is 18.8. The van der Waals surface area contributed by atoms with Gasteiger partial charge in [-0.2, -0.15) is 0 Å². The molecule has 1 aliphatic rings. The summed E-state index contributed by atoms with van der Waals surface area (Å²) in [6, 6.07) is 17.2. The summed E-state index contributed by atoms with van der Waals surface area (Å²) in [6.07, 6.45) is 1.83. The lowest BCUT2D eigenvalue weighted by atomic mass is 10.0. The Morgan fingerprint density at radius 3 is 2.70 bits per heavy atom. The molecule has 4 rings (SSSR count). The van der Waals surface area contributed by atoms with Gasteiger partial charge in [0, 0.05) is 16.8 Å². The molecular weight excluding hydrogens is 360 g/mol. The third-order valence-electron chi connectivity index (χ3n) is 4.37. The zero-order valence-corrected chi connectivity index (χ0v) is 15.6. The van der Waals surface area contributed by atoms with E-state index >= 15 is 0 Å². The number of nitrogens with zero attached hydrogens (tertiary/aromatic N) is 2. The second kappa shape index (κ2) is 7.25. The van der Waals surface area contributed by atoms with Crippen LogP contribution in [-0.2, 0) is 6.54 Å². The summed E-state index contributed by atoms with van der Waals surface area (Å²) in [5.74, 6) is 0.698. The number of hydrogen-bond acceptors (Lipinski definition) is 5. The number of hydrogen-bond donors (Lipinski definition) is 1. The van der Waals surface area contributed by atoms with E-state index in [1.165, 1.54) is 4.57 Å². The van der Waals surface area contributed by atoms with Crippen LogP contribution in [0.2, 0.25) is 0 Å². The van der Waals surface area contributed by atoms with Crippen molar-refractivity contribution < 1.29 is 9.84 Å². The number of aromatic nitrogens is 1. The number of para-hydroxylation sites is 2. The van der Waals surface area contributed by atoms with Gasteiger partial charge < -0.3 is 9.84 Å². The smallest absolute Gasteiger partial charge is 0.310 e. The molecule has 0 unspecified atom stereocenters. The molecule has 0 fully saturated rings. The Kier molecular flexibility index (Phi) is 4.64. The molecule has 2 heterocycles. The fraction of sp³-hybridized carbons (Fsp3) is 0.143. The Balaban J connectivity index is 1.57. The van der Waals surface area contributed by atoms with Crippen molar-refractivity contribution in [2.45, 2.75) is 13.5 Å². The van der Waals surface area contributed by atoms with Crippen LogP contribution in [0.3, 0.4) is 0 Å². The maximum absolute atomic E-state index is 12.3. The van der Waals surface area contributed by atoms with Gasteiger partial charge in [0.15, 0.2) is 0 Å². The minimum atomic E-state index is -0.211. The topological polar surface area (TPSA) is 63.8 Å². The molecule has 0 amide bonds. The fourth-order valence-corrected chi connectivity index (χ4v) is 3.88. The largest absolute Gasteiger partial charge is 0.493 e. The van der Waals surface area contributed by atoms with Gasteiger partial charge >= 0.3 is 4.87 Å². The van der Waals surface area contributed by atoms with E-state index in [9.17, 15) is 9.90 Å². The minimum Gasteiger partial charge on any atom is -0.493 e. The number of allylic oxidation sites excluding steroid dienone is 1. The van der Waals surface area contributed by atoms with Crippen LogP contribution in [0, 0.1) is 0 Å². The monoisotopic (exact) mass is 378 g/mol. The van der Waals surface area contributed by atoms with E-state index in [0.717, 1.165) is 39.6 Å². The van der Waals surface area contributed by atoms with Crippen LogP contribution in [0.4, 0.5) is 5.69 Å². The molecule has 5 nitrogen and oxygen atoms in total. The molecule has 1 N–H and O–H groups in total. The average Bonchev–Trinajstić information content (AvgIpc) is 3.13. The lowest BCUT2D eigenvalue weighted by Gasteiger charge is -2.07. The number of aliphatic imine (C=N–C) groups is 1. The van der Waals surface area contributed by atoms with Gasteiger partial charge in [-0.1, -0.05) is 47.7 Å². The van der Waals surface area contributed by atoms with E-state index in [4.69, 9.17) is 4.74 Å². The summed E-state index contributed by atoms with van der Waals surface area (Å²) in [4.78, 5) is 17.2. The highest BCUT2D eigenvalue weighted by Crippen LogP contribution is 2.37. The summed E-state index contributed by atoms with van der Waals surface area (Å²) in [5, 5.41) is 10.5. The molecule has 3 aromatic rings. The van der Waals surface area contributed by atoms with Crippen LogP contribution in [0.15, 0.2) is 64.4 Å². The summed E-state index contributed by atoms with van der Waals surface area (Å²) in [7, 11) is 0. The van der Waals surface area contributed by atoms with Crippen LogP contribution in [0.1, 0.15) is 17.4 Å². The van der Waals surface area contributed by atoms with Gasteiger partial charge in [0.05, 0.1) is 17.1 Å². The van der Waals surface area contributed by atoms with E-state index in [0.29, 0.717) is 11.5 Å². The number of thiazole rings is 1. The van der Waals surface area contributed by atoms with Gasteiger partial charge in [0.25, 0.3) is 0 Å². The minimum absolute atomic E-state index is 0.0358. The second-order valence-corrected chi connectivity index (χ2v) is 7.13. The number of fused-ring (bicyclic) bond motifs is 1. The van der Waals surface area contributed by atoms with Crippen molar-refractivity contribution >= 4 is 34.4 Å². The molecule has 0 atom stereocenters. The average molecular weight is 378 g/mol. The van der Waals surface area contributed by atoms with Gasteiger partial charge in [-0.25, -0.2) is 0 Å². The van der Waals surface area contributed by atoms with Crippen molar-refractivity contribution in [2.75, 3.05) is 6.61 Å². The fourth-order valence-electron chi connectivity index (χ4n) is 3.02. The van der Waals surface area contributed by atoms with Crippen molar-refractivity contribution in [1.82, 2.24) is 4.57 Å². The summed E-state index contributed by atoms with van der Waals surface area (Å²) in [6.45, 7) is 2.51. The molecule has 1 aliphatic heterocycles. The Labute approximate surface area is 160 Å². The second-order valence-electron chi connectivity index (χ2n) is 6.14. The van der Waals surface area contributed by atoms with Crippen molar-refractivity contribution in [3.63, 3.8) is 0 Å². The van der Waals surface area contributed by atoms with Crippen LogP contribution in [-0.4, -0.2) is 22.0 Å². The van der Waals surface area contributed by atoms with Gasteiger partial charge in [-0.15, -0.1) is 0 Å². The van der Waals surface area contributed by atoms with Crippen molar-refractivity contribution in [3.05, 3.63) is 74.7 Å².